The van der Waals surface area contributed by atoms with Crippen LogP contribution in [0.25, 0.3) is 5.32 Å². The van der Waals surface area contributed by atoms with Crippen molar-refractivity contribution in [3.63, 3.8) is 0 Å². The van der Waals surface area contributed by atoms with E-state index in [0.29, 0.717) is 0 Å². The topological polar surface area (TPSA) is 118 Å². The standard InChI is InChI=1S/C8H19N4.4C2H3O.3CH3.3ClH.Ti/c1-2-10-5-6-12-8-7-11-4-3-9-1;4*1-2-3;;;;;;;/h9-11H,1-8H2;4*1H3;3*1H3;3*1H;/q8*-1;;;;. The third-order valence-electron chi connectivity index (χ3n) is 1.85. The summed E-state index contributed by atoms with van der Waals surface area (Å²) in [4.78, 5) is 34.7. The number of hydrogen-bond acceptors (Lipinski definition) is 7. The quantitative estimate of drug-likeness (QED) is 0.316. The van der Waals surface area contributed by atoms with Crippen molar-refractivity contribution in [2.45, 2.75) is 27.7 Å². The largest absolute Gasteiger partial charge is 0.660 e. The van der Waals surface area contributed by atoms with E-state index >= 15 is 0 Å². The first-order valence-corrected chi connectivity index (χ1v) is 7.57. The molecule has 0 unspecified atom stereocenters. The summed E-state index contributed by atoms with van der Waals surface area (Å²) < 4.78 is 0. The molecule has 196 valence electrons. The van der Waals surface area contributed by atoms with Crippen LogP contribution in [0.5, 0.6) is 0 Å². The minimum Gasteiger partial charge on any atom is -0.660 e. The van der Waals surface area contributed by atoms with E-state index in [-0.39, 0.29) is 81.2 Å². The van der Waals surface area contributed by atoms with Gasteiger partial charge in [0.15, 0.2) is 0 Å². The van der Waals surface area contributed by atoms with Crippen molar-refractivity contribution in [2.75, 3.05) is 52.4 Å². The van der Waals surface area contributed by atoms with Crippen LogP contribution in [-0.4, -0.2) is 77.5 Å². The molecule has 12 heteroatoms. The van der Waals surface area contributed by atoms with Gasteiger partial charge in [-0.25, -0.2) is 0 Å². The summed E-state index contributed by atoms with van der Waals surface area (Å²) in [6.07, 6.45) is 6.00. The van der Waals surface area contributed by atoms with Gasteiger partial charge in [-0.15, -0.1) is 50.3 Å². The molecule has 1 aliphatic rings. The van der Waals surface area contributed by atoms with E-state index in [4.69, 9.17) is 19.2 Å². The van der Waals surface area contributed by atoms with Gasteiger partial charge in [-0.2, -0.15) is 27.7 Å². The Balaban J connectivity index is -0.0000000204. The summed E-state index contributed by atoms with van der Waals surface area (Å²) >= 11 is 0. The number of hydrogen-bond donors (Lipinski definition) is 3. The van der Waals surface area contributed by atoms with Crippen molar-refractivity contribution in [1.82, 2.24) is 16.0 Å². The third kappa shape index (κ3) is 162. The molecule has 8 nitrogen and oxygen atoms in total. The van der Waals surface area contributed by atoms with Crippen LogP contribution in [0.2, 0.25) is 0 Å². The van der Waals surface area contributed by atoms with E-state index < -0.39 is 0 Å². The van der Waals surface area contributed by atoms with E-state index in [1.54, 1.807) is 0 Å². The van der Waals surface area contributed by atoms with Crippen LogP contribution < -0.4 is 16.0 Å². The molecular weight excluding hydrogens is 502 g/mol. The Morgan fingerprint density at radius 1 is 0.516 bits per heavy atom. The fourth-order valence-corrected chi connectivity index (χ4v) is 1.16. The van der Waals surface area contributed by atoms with Crippen LogP contribution in [0.1, 0.15) is 27.7 Å². The maximum Gasteiger partial charge on any atom is 0.00772 e. The molecule has 1 rings (SSSR count). The van der Waals surface area contributed by atoms with Crippen LogP contribution in [-0.2, 0) is 40.9 Å². The van der Waals surface area contributed by atoms with Gasteiger partial charge < -0.3 is 62.7 Å². The zero-order chi connectivity index (χ0) is 19.3. The number of nitrogens with zero attached hydrogens (tertiary/aromatic N) is 1. The van der Waals surface area contributed by atoms with Crippen LogP contribution in [0, 0.1) is 22.3 Å². The zero-order valence-electron chi connectivity index (χ0n) is 20.0. The summed E-state index contributed by atoms with van der Waals surface area (Å²) in [6.45, 7) is 13.4. The first-order chi connectivity index (χ1) is 11.7. The number of rotatable bonds is 0. The van der Waals surface area contributed by atoms with Crippen LogP contribution in [0.3, 0.4) is 0 Å². The van der Waals surface area contributed by atoms with E-state index in [1.165, 1.54) is 52.8 Å². The van der Waals surface area contributed by atoms with Crippen molar-refractivity contribution in [2.24, 2.45) is 0 Å². The summed E-state index contributed by atoms with van der Waals surface area (Å²) in [7, 11) is 0. The Kier molecular flexibility index (Phi) is 221. The minimum absolute atomic E-state index is 0. The number of halogens is 3. The van der Waals surface area contributed by atoms with Crippen molar-refractivity contribution >= 4 is 62.4 Å². The minimum atomic E-state index is 0. The molecule has 0 amide bonds. The second-order valence-corrected chi connectivity index (χ2v) is 3.74. The van der Waals surface area contributed by atoms with Gasteiger partial charge in [0, 0.05) is 47.9 Å². The number of nitrogens with one attached hydrogen (secondary N) is 3. The Bertz CT molecular complexity index is 197. The molecule has 31 heavy (non-hydrogen) atoms. The van der Waals surface area contributed by atoms with Gasteiger partial charge in [-0.1, -0.05) is 0 Å². The molecule has 0 spiro atoms. The van der Waals surface area contributed by atoms with Crippen LogP contribution >= 0.6 is 37.2 Å². The maximum atomic E-state index is 8.68. The fraction of sp³-hybridized carbons (Fsp3) is 0.632. The number of carbonyl (C=O) groups excluding carboxylic acids is 4. The predicted octanol–water partition coefficient (Wildman–Crippen LogP) is 2.22. The summed E-state index contributed by atoms with van der Waals surface area (Å²) in [5.74, 6) is 0. The van der Waals surface area contributed by atoms with Gasteiger partial charge in [0.05, 0.1) is 0 Å². The fourth-order valence-electron chi connectivity index (χ4n) is 1.16. The molecule has 0 aromatic rings. The Labute approximate surface area is 226 Å². The van der Waals surface area contributed by atoms with Crippen molar-refractivity contribution in [3.05, 3.63) is 27.6 Å². The van der Waals surface area contributed by atoms with Crippen LogP contribution in [0.15, 0.2) is 0 Å². The molecule has 1 saturated heterocycles. The molecular formula is C19H43Cl3N4O4Ti-8. The maximum absolute atomic E-state index is 8.68. The van der Waals surface area contributed by atoms with E-state index in [1.807, 2.05) is 0 Å². The summed E-state index contributed by atoms with van der Waals surface area (Å²) in [5, 5.41) is 14.4. The third-order valence-corrected chi connectivity index (χ3v) is 1.85. The van der Waals surface area contributed by atoms with Gasteiger partial charge >= 0.3 is 0 Å². The smallest absolute Gasteiger partial charge is 0.00772 e. The van der Waals surface area contributed by atoms with E-state index in [0.717, 1.165) is 52.4 Å². The second-order valence-electron chi connectivity index (χ2n) is 3.74. The SMILES string of the molecule is C1CNCCNCCNCC[N-]1.C[C-]=O.C[C-]=O.C[C-]=O.C[C-]=O.Cl.Cl.Cl.[CH3-].[CH3-].[CH3-].[Ti]. The van der Waals surface area contributed by atoms with Crippen molar-refractivity contribution in [3.8, 4) is 0 Å². The monoisotopic (exact) mass is 544 g/mol. The van der Waals surface area contributed by atoms with Gasteiger partial charge in [0.1, 0.15) is 0 Å². The average molecular weight is 546 g/mol. The van der Waals surface area contributed by atoms with Gasteiger partial charge in [0.25, 0.3) is 0 Å². The molecule has 3 N–H and O–H groups in total. The van der Waals surface area contributed by atoms with Crippen molar-refractivity contribution in [1.29, 1.82) is 0 Å². The van der Waals surface area contributed by atoms with Gasteiger partial charge in [-0.05, 0) is 13.1 Å². The molecule has 0 atom stereocenters. The first kappa shape index (κ1) is 69.7. The van der Waals surface area contributed by atoms with Gasteiger partial charge in [0.2, 0.25) is 0 Å². The average Bonchev–Trinajstić information content (AvgIpc) is 2.51. The Morgan fingerprint density at radius 2 is 0.677 bits per heavy atom. The van der Waals surface area contributed by atoms with E-state index in [2.05, 4.69) is 21.3 Å². The van der Waals surface area contributed by atoms with E-state index in [9.17, 15) is 0 Å². The van der Waals surface area contributed by atoms with Gasteiger partial charge in [-0.3, -0.25) is 25.1 Å². The molecule has 0 aromatic heterocycles. The first-order valence-electron chi connectivity index (χ1n) is 7.57. The molecule has 1 fully saturated rings. The summed E-state index contributed by atoms with van der Waals surface area (Å²) in [5.41, 5.74) is 0. The Hall–Kier alpha value is 0.104. The molecule has 0 aliphatic carbocycles. The van der Waals surface area contributed by atoms with Crippen molar-refractivity contribution < 1.29 is 40.9 Å². The zero-order valence-corrected chi connectivity index (χ0v) is 24.0. The molecule has 0 radical (unpaired) electrons. The summed E-state index contributed by atoms with van der Waals surface area (Å²) in [6, 6.07) is 0. The predicted molar refractivity (Wildman–Crippen MR) is 138 cm³/mol. The molecule has 0 bridgehead atoms. The molecule has 1 heterocycles. The molecule has 1 aliphatic heterocycles. The molecule has 0 saturated carbocycles. The molecule has 0 aromatic carbocycles. The normalized spacial score (nSPS) is 11.0. The second kappa shape index (κ2) is 98.3. The Morgan fingerprint density at radius 3 is 0.871 bits per heavy atom. The van der Waals surface area contributed by atoms with Crippen LogP contribution in [0.4, 0.5) is 0 Å².